The van der Waals surface area contributed by atoms with Crippen molar-refractivity contribution in [1.82, 2.24) is 14.7 Å². The van der Waals surface area contributed by atoms with Gasteiger partial charge < -0.3 is 4.90 Å². The zero-order valence-electron chi connectivity index (χ0n) is 19.3. The second kappa shape index (κ2) is 10.3. The maximum absolute atomic E-state index is 13.0. The monoisotopic (exact) mass is 439 g/mol. The van der Waals surface area contributed by atoms with Gasteiger partial charge in [0.2, 0.25) is 0 Å². The second-order valence-corrected chi connectivity index (χ2v) is 9.26. The van der Waals surface area contributed by atoms with Gasteiger partial charge in [0, 0.05) is 44.3 Å². The van der Waals surface area contributed by atoms with Gasteiger partial charge in [0.1, 0.15) is 0 Å². The molecule has 0 bridgehead atoms. The Bertz CT molecular complexity index is 1020. The highest BCUT2D eigenvalue weighted by Crippen LogP contribution is 2.22. The van der Waals surface area contributed by atoms with Crippen molar-refractivity contribution in [2.45, 2.75) is 25.4 Å². The fourth-order valence-corrected chi connectivity index (χ4v) is 5.19. The largest absolute Gasteiger partial charge is 0.336 e. The van der Waals surface area contributed by atoms with Crippen LogP contribution in [-0.2, 0) is 6.54 Å². The van der Waals surface area contributed by atoms with E-state index in [9.17, 15) is 4.79 Å². The minimum absolute atomic E-state index is 0.159. The lowest BCUT2D eigenvalue weighted by atomic mass is 10.0. The normalized spacial score (nSPS) is 18.4. The number of likely N-dealkylation sites (tertiary alicyclic amines) is 1. The lowest BCUT2D eigenvalue weighted by Gasteiger charge is -2.42. The van der Waals surface area contributed by atoms with E-state index in [0.29, 0.717) is 6.04 Å². The first kappa shape index (κ1) is 21.9. The number of hydrogen-bond donors (Lipinski definition) is 0. The molecule has 170 valence electrons. The number of benzene rings is 3. The van der Waals surface area contributed by atoms with Crippen LogP contribution in [-0.4, -0.2) is 65.9 Å². The summed E-state index contributed by atoms with van der Waals surface area (Å²) in [5.41, 5.74) is 4.52. The number of amides is 1. The van der Waals surface area contributed by atoms with Crippen molar-refractivity contribution >= 4 is 5.91 Å². The van der Waals surface area contributed by atoms with E-state index >= 15 is 0 Å². The van der Waals surface area contributed by atoms with Gasteiger partial charge in [-0.2, -0.15) is 0 Å². The Morgan fingerprint density at radius 2 is 1.24 bits per heavy atom. The molecule has 0 saturated carbocycles. The summed E-state index contributed by atoms with van der Waals surface area (Å²) in [6.07, 6.45) is 2.45. The fraction of sp³-hybridized carbons (Fsp3) is 0.345. The van der Waals surface area contributed by atoms with E-state index in [1.54, 1.807) is 0 Å². The summed E-state index contributed by atoms with van der Waals surface area (Å²) in [4.78, 5) is 20.3. The van der Waals surface area contributed by atoms with Crippen LogP contribution in [0.2, 0.25) is 0 Å². The zero-order valence-corrected chi connectivity index (χ0v) is 19.3. The average Bonchev–Trinajstić information content (AvgIpc) is 2.90. The SMILES string of the molecule is O=C(c1ccc(-c2ccccc2)cc1)N1CCN(C2CCN(Cc3ccccc3)CC2)CC1. The second-order valence-electron chi connectivity index (χ2n) is 9.26. The van der Waals surface area contributed by atoms with E-state index < -0.39 is 0 Å². The molecule has 0 atom stereocenters. The van der Waals surface area contributed by atoms with Crippen molar-refractivity contribution in [3.8, 4) is 11.1 Å². The number of carbonyl (C=O) groups is 1. The van der Waals surface area contributed by atoms with Crippen LogP contribution in [0.1, 0.15) is 28.8 Å². The van der Waals surface area contributed by atoms with Crippen LogP contribution in [0, 0.1) is 0 Å². The Morgan fingerprint density at radius 1 is 0.667 bits per heavy atom. The van der Waals surface area contributed by atoms with Gasteiger partial charge >= 0.3 is 0 Å². The van der Waals surface area contributed by atoms with Crippen LogP contribution in [0.4, 0.5) is 0 Å². The first-order valence-corrected chi connectivity index (χ1v) is 12.2. The maximum Gasteiger partial charge on any atom is 0.253 e. The first-order chi connectivity index (χ1) is 16.3. The lowest BCUT2D eigenvalue weighted by molar-refractivity contribution is 0.0445. The Hall–Kier alpha value is -2.95. The molecular formula is C29H33N3O. The van der Waals surface area contributed by atoms with E-state index in [1.165, 1.54) is 24.0 Å². The summed E-state index contributed by atoms with van der Waals surface area (Å²) in [7, 11) is 0. The molecule has 33 heavy (non-hydrogen) atoms. The van der Waals surface area contributed by atoms with E-state index in [0.717, 1.165) is 56.9 Å². The zero-order chi connectivity index (χ0) is 22.5. The molecule has 0 N–H and O–H groups in total. The number of rotatable bonds is 5. The highest BCUT2D eigenvalue weighted by molar-refractivity contribution is 5.94. The van der Waals surface area contributed by atoms with Crippen molar-refractivity contribution in [1.29, 1.82) is 0 Å². The van der Waals surface area contributed by atoms with Crippen molar-refractivity contribution < 1.29 is 4.79 Å². The van der Waals surface area contributed by atoms with E-state index in [-0.39, 0.29) is 5.91 Å². The summed E-state index contributed by atoms with van der Waals surface area (Å²) in [5, 5.41) is 0. The van der Waals surface area contributed by atoms with Gasteiger partial charge in [-0.1, -0.05) is 72.8 Å². The van der Waals surface area contributed by atoms with Crippen molar-refractivity contribution in [2.24, 2.45) is 0 Å². The molecule has 2 fully saturated rings. The predicted octanol–water partition coefficient (Wildman–Crippen LogP) is 4.78. The highest BCUT2D eigenvalue weighted by Gasteiger charge is 2.29. The Labute approximate surface area is 197 Å². The molecule has 3 aromatic carbocycles. The molecule has 2 heterocycles. The van der Waals surface area contributed by atoms with Crippen LogP contribution in [0.15, 0.2) is 84.9 Å². The number of nitrogens with zero attached hydrogens (tertiary/aromatic N) is 3. The lowest BCUT2D eigenvalue weighted by Crippen LogP contribution is -2.54. The summed E-state index contributed by atoms with van der Waals surface area (Å²) in [6.45, 7) is 6.99. The first-order valence-electron chi connectivity index (χ1n) is 12.2. The molecule has 2 aliphatic heterocycles. The van der Waals surface area contributed by atoms with Gasteiger partial charge in [0.15, 0.2) is 0 Å². The van der Waals surface area contributed by atoms with Crippen molar-refractivity contribution in [3.05, 3.63) is 96.1 Å². The molecule has 0 unspecified atom stereocenters. The van der Waals surface area contributed by atoms with Crippen LogP contribution in [0.25, 0.3) is 11.1 Å². The standard InChI is InChI=1S/C29H33N3O/c33-29(27-13-11-26(12-14-27)25-9-5-2-6-10-25)32-21-19-31(20-22-32)28-15-17-30(18-16-28)23-24-7-3-1-4-8-24/h1-14,28H,15-23H2. The summed E-state index contributed by atoms with van der Waals surface area (Å²) in [6, 6.07) is 29.8. The third kappa shape index (κ3) is 5.35. The molecule has 3 aromatic rings. The molecule has 0 aliphatic carbocycles. The van der Waals surface area contributed by atoms with E-state index in [2.05, 4.69) is 64.4 Å². The molecule has 5 rings (SSSR count). The Balaban J connectivity index is 1.10. The predicted molar refractivity (Wildman–Crippen MR) is 134 cm³/mol. The van der Waals surface area contributed by atoms with E-state index in [1.807, 2.05) is 35.2 Å². The van der Waals surface area contributed by atoms with Crippen LogP contribution < -0.4 is 0 Å². The smallest absolute Gasteiger partial charge is 0.253 e. The molecule has 4 nitrogen and oxygen atoms in total. The summed E-state index contributed by atoms with van der Waals surface area (Å²) >= 11 is 0. The fourth-order valence-electron chi connectivity index (χ4n) is 5.19. The molecule has 0 radical (unpaired) electrons. The molecule has 2 aliphatic rings. The minimum atomic E-state index is 0.159. The Kier molecular flexibility index (Phi) is 6.84. The van der Waals surface area contributed by atoms with Crippen molar-refractivity contribution in [2.75, 3.05) is 39.3 Å². The van der Waals surface area contributed by atoms with Gasteiger partial charge in [-0.05, 0) is 54.8 Å². The number of piperidine rings is 1. The number of hydrogen-bond acceptors (Lipinski definition) is 3. The van der Waals surface area contributed by atoms with Gasteiger partial charge in [0.05, 0.1) is 0 Å². The van der Waals surface area contributed by atoms with Gasteiger partial charge in [-0.3, -0.25) is 14.6 Å². The van der Waals surface area contributed by atoms with E-state index in [4.69, 9.17) is 0 Å². The summed E-state index contributed by atoms with van der Waals surface area (Å²) < 4.78 is 0. The molecule has 4 heteroatoms. The number of piperazine rings is 1. The van der Waals surface area contributed by atoms with Crippen LogP contribution in [0.5, 0.6) is 0 Å². The topological polar surface area (TPSA) is 26.8 Å². The molecule has 0 spiro atoms. The summed E-state index contributed by atoms with van der Waals surface area (Å²) in [5.74, 6) is 0.159. The molecular weight excluding hydrogens is 406 g/mol. The van der Waals surface area contributed by atoms with Crippen molar-refractivity contribution in [3.63, 3.8) is 0 Å². The number of carbonyl (C=O) groups excluding carboxylic acids is 1. The maximum atomic E-state index is 13.0. The van der Waals surface area contributed by atoms with Gasteiger partial charge in [0.25, 0.3) is 5.91 Å². The van der Waals surface area contributed by atoms with Crippen LogP contribution in [0.3, 0.4) is 0 Å². The van der Waals surface area contributed by atoms with Gasteiger partial charge in [-0.25, -0.2) is 0 Å². The molecule has 2 saturated heterocycles. The average molecular weight is 440 g/mol. The third-order valence-electron chi connectivity index (χ3n) is 7.16. The quantitative estimate of drug-likeness (QED) is 0.573. The Morgan fingerprint density at radius 3 is 1.88 bits per heavy atom. The van der Waals surface area contributed by atoms with Crippen LogP contribution >= 0.6 is 0 Å². The highest BCUT2D eigenvalue weighted by atomic mass is 16.2. The minimum Gasteiger partial charge on any atom is -0.336 e. The molecule has 1 amide bonds. The third-order valence-corrected chi connectivity index (χ3v) is 7.16. The molecule has 0 aromatic heterocycles. The van der Waals surface area contributed by atoms with Gasteiger partial charge in [-0.15, -0.1) is 0 Å².